The number of nitriles is 1. The summed E-state index contributed by atoms with van der Waals surface area (Å²) in [6.07, 6.45) is 3.04. The number of nitrogens with zero attached hydrogens (tertiary/aromatic N) is 5. The minimum Gasteiger partial charge on any atom is -0.444 e. The Balaban J connectivity index is 1.14. The number of carbonyl (C=O) groups excluding carboxylic acids is 2. The van der Waals surface area contributed by atoms with Gasteiger partial charge in [-0.2, -0.15) is 5.26 Å². The molecule has 0 radical (unpaired) electrons. The van der Waals surface area contributed by atoms with E-state index in [9.17, 15) is 14.9 Å². The van der Waals surface area contributed by atoms with E-state index in [1.54, 1.807) is 4.90 Å². The van der Waals surface area contributed by atoms with Crippen molar-refractivity contribution in [2.24, 2.45) is 5.41 Å². The highest BCUT2D eigenvalue weighted by Gasteiger charge is 2.46. The molecule has 0 bridgehead atoms. The summed E-state index contributed by atoms with van der Waals surface area (Å²) in [7, 11) is 0. The van der Waals surface area contributed by atoms with Crippen LogP contribution in [0.1, 0.15) is 62.9 Å². The van der Waals surface area contributed by atoms with Crippen LogP contribution in [-0.4, -0.2) is 79.3 Å². The highest BCUT2D eigenvalue weighted by molar-refractivity contribution is 6.32. The van der Waals surface area contributed by atoms with Crippen molar-refractivity contribution in [2.75, 3.05) is 55.6 Å². The summed E-state index contributed by atoms with van der Waals surface area (Å²) < 4.78 is 5.46. The van der Waals surface area contributed by atoms with Crippen molar-refractivity contribution in [1.29, 1.82) is 5.26 Å². The summed E-state index contributed by atoms with van der Waals surface area (Å²) in [4.78, 5) is 33.8. The molecule has 2 aromatic rings. The number of rotatable bonds is 3. The summed E-state index contributed by atoms with van der Waals surface area (Å²) in [6, 6.07) is 16.3. The number of hydrogen-bond acceptors (Lipinski definition) is 6. The van der Waals surface area contributed by atoms with Crippen LogP contribution in [0.3, 0.4) is 0 Å². The molecule has 1 unspecified atom stereocenters. The molecule has 2 amide bonds. The number of ether oxygens (including phenoxy) is 1. The molecule has 0 aliphatic carbocycles. The molecule has 3 fully saturated rings. The number of halogens is 1. The van der Waals surface area contributed by atoms with E-state index in [0.29, 0.717) is 48.4 Å². The fourth-order valence-electron chi connectivity index (χ4n) is 6.50. The Kier molecular flexibility index (Phi) is 8.11. The highest BCUT2D eigenvalue weighted by Crippen LogP contribution is 2.47. The van der Waals surface area contributed by atoms with E-state index in [0.717, 1.165) is 50.3 Å². The predicted molar refractivity (Wildman–Crippen MR) is 162 cm³/mol. The summed E-state index contributed by atoms with van der Waals surface area (Å²) in [5.41, 5.74) is 3.15. The van der Waals surface area contributed by atoms with Crippen LogP contribution in [0.2, 0.25) is 5.02 Å². The van der Waals surface area contributed by atoms with Gasteiger partial charge in [0.05, 0.1) is 10.6 Å². The van der Waals surface area contributed by atoms with Gasteiger partial charge in [0.25, 0.3) is 5.91 Å². The van der Waals surface area contributed by atoms with Gasteiger partial charge in [0.15, 0.2) is 0 Å². The van der Waals surface area contributed by atoms with E-state index in [4.69, 9.17) is 16.3 Å². The van der Waals surface area contributed by atoms with Gasteiger partial charge in [0.2, 0.25) is 0 Å². The molecule has 3 aliphatic rings. The van der Waals surface area contributed by atoms with Gasteiger partial charge < -0.3 is 24.3 Å². The third-order valence-electron chi connectivity index (χ3n) is 9.07. The zero-order valence-corrected chi connectivity index (χ0v) is 25.3. The summed E-state index contributed by atoms with van der Waals surface area (Å²) in [5.74, 6) is 0.000707. The second kappa shape index (κ2) is 11.4. The zero-order chi connectivity index (χ0) is 29.4. The first kappa shape index (κ1) is 29.1. The number of benzene rings is 2. The second-order valence-corrected chi connectivity index (χ2v) is 13.0. The van der Waals surface area contributed by atoms with Crippen LogP contribution in [0.4, 0.5) is 16.2 Å². The molecule has 8 nitrogen and oxygen atoms in total. The van der Waals surface area contributed by atoms with Crippen LogP contribution >= 0.6 is 11.6 Å². The first-order valence-electron chi connectivity index (χ1n) is 14.6. The van der Waals surface area contributed by atoms with E-state index in [-0.39, 0.29) is 17.4 Å². The average Bonchev–Trinajstić information content (AvgIpc) is 3.27. The molecule has 41 heavy (non-hydrogen) atoms. The van der Waals surface area contributed by atoms with E-state index in [1.807, 2.05) is 56.0 Å². The van der Waals surface area contributed by atoms with Crippen molar-refractivity contribution in [3.05, 3.63) is 58.6 Å². The van der Waals surface area contributed by atoms with Crippen molar-refractivity contribution in [2.45, 2.75) is 58.6 Å². The Morgan fingerprint density at radius 1 is 0.902 bits per heavy atom. The lowest BCUT2D eigenvalue weighted by Crippen LogP contribution is -2.51. The molecule has 0 saturated carbocycles. The third-order valence-corrected chi connectivity index (χ3v) is 9.38. The largest absolute Gasteiger partial charge is 0.444 e. The number of carbonyl (C=O) groups is 2. The van der Waals surface area contributed by atoms with E-state index in [2.05, 4.69) is 34.9 Å². The monoisotopic (exact) mass is 577 g/mol. The summed E-state index contributed by atoms with van der Waals surface area (Å²) in [6.45, 7) is 12.8. The third kappa shape index (κ3) is 6.11. The van der Waals surface area contributed by atoms with Gasteiger partial charge in [-0.25, -0.2) is 4.79 Å². The van der Waals surface area contributed by atoms with Crippen LogP contribution in [0, 0.1) is 16.7 Å². The van der Waals surface area contributed by atoms with Crippen LogP contribution in [0.5, 0.6) is 0 Å². The van der Waals surface area contributed by atoms with Crippen LogP contribution < -0.4 is 9.80 Å². The first-order chi connectivity index (χ1) is 19.5. The van der Waals surface area contributed by atoms with E-state index in [1.165, 1.54) is 0 Å². The van der Waals surface area contributed by atoms with Crippen molar-refractivity contribution in [3.8, 4) is 6.07 Å². The Morgan fingerprint density at radius 2 is 1.49 bits per heavy atom. The Labute approximate surface area is 248 Å². The number of piperazine rings is 1. The summed E-state index contributed by atoms with van der Waals surface area (Å²) >= 11 is 6.33. The lowest BCUT2D eigenvalue weighted by molar-refractivity contribution is 0.0141. The predicted octanol–water partition coefficient (Wildman–Crippen LogP) is 5.79. The van der Waals surface area contributed by atoms with Gasteiger partial charge in [-0.1, -0.05) is 11.6 Å². The SMILES string of the molecule is CC1N(c2ccc(C#N)c(Cl)c2)CCC12CCN(c1ccc(C(=O)N3CCN(C(=O)OC(C)(C)C)CC3)cc1)CC2. The standard InChI is InChI=1S/C32H40ClN5O3/c1-23-32(13-16-38(23)27-10-7-25(22-34)28(33)21-27)11-14-35(15-12-32)26-8-5-24(6-9-26)29(39)36-17-19-37(20-18-36)30(40)41-31(2,3)4/h5-10,21,23H,11-20H2,1-4H3. The van der Waals surface area contributed by atoms with Crippen molar-refractivity contribution in [3.63, 3.8) is 0 Å². The molecule has 3 saturated heterocycles. The fourth-order valence-corrected chi connectivity index (χ4v) is 6.71. The van der Waals surface area contributed by atoms with Crippen molar-refractivity contribution >= 4 is 35.0 Å². The van der Waals surface area contributed by atoms with Crippen molar-refractivity contribution in [1.82, 2.24) is 9.80 Å². The highest BCUT2D eigenvalue weighted by atomic mass is 35.5. The Hall–Kier alpha value is -3.44. The smallest absolute Gasteiger partial charge is 0.410 e. The van der Waals surface area contributed by atoms with Gasteiger partial charge >= 0.3 is 6.09 Å². The minimum absolute atomic E-state index is 0.000707. The maximum absolute atomic E-state index is 13.2. The van der Waals surface area contributed by atoms with Gasteiger partial charge in [-0.3, -0.25) is 4.79 Å². The molecular weight excluding hydrogens is 538 g/mol. The first-order valence-corrected chi connectivity index (χ1v) is 15.0. The maximum Gasteiger partial charge on any atom is 0.410 e. The van der Waals surface area contributed by atoms with Gasteiger partial charge in [0, 0.05) is 68.8 Å². The molecule has 0 aromatic heterocycles. The number of hydrogen-bond donors (Lipinski definition) is 0. The van der Waals surface area contributed by atoms with Crippen molar-refractivity contribution < 1.29 is 14.3 Å². The molecule has 9 heteroatoms. The van der Waals surface area contributed by atoms with E-state index >= 15 is 0 Å². The van der Waals surface area contributed by atoms with Crippen LogP contribution in [-0.2, 0) is 4.74 Å². The lowest BCUT2D eigenvalue weighted by Gasteiger charge is -2.44. The maximum atomic E-state index is 13.2. The number of piperidine rings is 1. The zero-order valence-electron chi connectivity index (χ0n) is 24.5. The quantitative estimate of drug-likeness (QED) is 0.459. The Morgan fingerprint density at radius 3 is 2.07 bits per heavy atom. The Bertz CT molecular complexity index is 1320. The second-order valence-electron chi connectivity index (χ2n) is 12.6. The van der Waals surface area contributed by atoms with Crippen LogP contribution in [0.25, 0.3) is 0 Å². The minimum atomic E-state index is -0.530. The molecule has 0 N–H and O–H groups in total. The molecule has 1 atom stereocenters. The molecule has 1 spiro atoms. The normalized spacial score (nSPS) is 20.7. The average molecular weight is 578 g/mol. The van der Waals surface area contributed by atoms with Gasteiger partial charge in [0.1, 0.15) is 11.7 Å². The van der Waals surface area contributed by atoms with Gasteiger partial charge in [-0.05, 0) is 94.8 Å². The molecule has 5 rings (SSSR count). The number of anilines is 2. The molecule has 2 aromatic carbocycles. The number of amides is 2. The molecule has 3 aliphatic heterocycles. The molecule has 3 heterocycles. The van der Waals surface area contributed by atoms with E-state index < -0.39 is 5.60 Å². The summed E-state index contributed by atoms with van der Waals surface area (Å²) in [5, 5.41) is 9.72. The fraction of sp³-hybridized carbons (Fsp3) is 0.531. The molecule has 218 valence electrons. The van der Waals surface area contributed by atoms with Crippen LogP contribution in [0.15, 0.2) is 42.5 Å². The van der Waals surface area contributed by atoms with Gasteiger partial charge in [-0.15, -0.1) is 0 Å². The topological polar surface area (TPSA) is 80.1 Å². The molecular formula is C32H40ClN5O3. The lowest BCUT2D eigenvalue weighted by atomic mass is 9.73.